The molecule has 0 aliphatic rings. The van der Waals surface area contributed by atoms with Crippen molar-refractivity contribution >= 4 is 11.6 Å². The number of nitrogens with zero attached hydrogens (tertiary/aromatic N) is 5. The number of nitrogens with two attached hydrogens (primary N) is 1. The lowest BCUT2D eigenvalue weighted by Crippen LogP contribution is -2.34. The van der Waals surface area contributed by atoms with Crippen molar-refractivity contribution in [2.75, 3.05) is 18.0 Å². The standard InChI is InChI=1S/C12H20N6/c1-9(2)17(6-4-5-13)11-7-10(3)16-12-14-8-15-18(11)12/h7-9H,4-6,13H2,1-3H3. The van der Waals surface area contributed by atoms with Crippen LogP contribution < -0.4 is 10.6 Å². The summed E-state index contributed by atoms with van der Waals surface area (Å²) in [5.41, 5.74) is 6.55. The lowest BCUT2D eigenvalue weighted by molar-refractivity contribution is 0.637. The predicted molar refractivity (Wildman–Crippen MR) is 71.7 cm³/mol. The summed E-state index contributed by atoms with van der Waals surface area (Å²) in [5.74, 6) is 1.67. The molecule has 0 aliphatic carbocycles. The number of anilines is 1. The first-order chi connectivity index (χ1) is 8.63. The highest BCUT2D eigenvalue weighted by Crippen LogP contribution is 2.18. The summed E-state index contributed by atoms with van der Waals surface area (Å²) >= 11 is 0. The SMILES string of the molecule is Cc1cc(N(CCCN)C(C)C)n2ncnc2n1. The van der Waals surface area contributed by atoms with Crippen molar-refractivity contribution in [1.29, 1.82) is 0 Å². The number of hydrogen-bond acceptors (Lipinski definition) is 5. The van der Waals surface area contributed by atoms with E-state index in [2.05, 4.69) is 33.8 Å². The fourth-order valence-electron chi connectivity index (χ4n) is 2.01. The lowest BCUT2D eigenvalue weighted by atomic mass is 10.2. The van der Waals surface area contributed by atoms with Crippen LogP contribution in [0.15, 0.2) is 12.4 Å². The van der Waals surface area contributed by atoms with Gasteiger partial charge in [-0.05, 0) is 33.7 Å². The number of hydrogen-bond donors (Lipinski definition) is 1. The van der Waals surface area contributed by atoms with Crippen molar-refractivity contribution in [3.05, 3.63) is 18.1 Å². The van der Waals surface area contributed by atoms with Gasteiger partial charge in [-0.1, -0.05) is 0 Å². The van der Waals surface area contributed by atoms with Crippen LogP contribution in [0.4, 0.5) is 5.82 Å². The molecule has 98 valence electrons. The van der Waals surface area contributed by atoms with Crippen LogP contribution in [0, 0.1) is 6.92 Å². The van der Waals surface area contributed by atoms with E-state index in [4.69, 9.17) is 5.73 Å². The van der Waals surface area contributed by atoms with E-state index in [1.807, 2.05) is 13.0 Å². The maximum absolute atomic E-state index is 5.60. The summed E-state index contributed by atoms with van der Waals surface area (Å²) in [6.45, 7) is 7.89. The Bertz CT molecular complexity index is 518. The number of aromatic nitrogens is 4. The Hall–Kier alpha value is -1.69. The van der Waals surface area contributed by atoms with Crippen LogP contribution in [0.5, 0.6) is 0 Å². The molecule has 2 rings (SSSR count). The first kappa shape index (κ1) is 12.8. The fraction of sp³-hybridized carbons (Fsp3) is 0.583. The Balaban J connectivity index is 2.45. The highest BCUT2D eigenvalue weighted by atomic mass is 15.4. The molecule has 6 nitrogen and oxygen atoms in total. The van der Waals surface area contributed by atoms with Crippen LogP contribution >= 0.6 is 0 Å². The van der Waals surface area contributed by atoms with Crippen molar-refractivity contribution in [1.82, 2.24) is 19.6 Å². The van der Waals surface area contributed by atoms with Crippen LogP contribution in [0.3, 0.4) is 0 Å². The highest BCUT2D eigenvalue weighted by Gasteiger charge is 2.15. The monoisotopic (exact) mass is 248 g/mol. The lowest BCUT2D eigenvalue weighted by Gasteiger charge is -2.28. The molecule has 2 aromatic rings. The normalized spacial score (nSPS) is 11.4. The van der Waals surface area contributed by atoms with Crippen LogP contribution in [0.25, 0.3) is 5.78 Å². The van der Waals surface area contributed by atoms with Crippen molar-refractivity contribution in [2.24, 2.45) is 5.73 Å². The van der Waals surface area contributed by atoms with Crippen molar-refractivity contribution in [2.45, 2.75) is 33.2 Å². The molecule has 0 saturated heterocycles. The Morgan fingerprint density at radius 1 is 1.44 bits per heavy atom. The van der Waals surface area contributed by atoms with Gasteiger partial charge in [0.2, 0.25) is 0 Å². The molecule has 0 spiro atoms. The topological polar surface area (TPSA) is 72.3 Å². The van der Waals surface area contributed by atoms with E-state index < -0.39 is 0 Å². The Morgan fingerprint density at radius 2 is 2.22 bits per heavy atom. The van der Waals surface area contributed by atoms with Gasteiger partial charge in [0.25, 0.3) is 5.78 Å². The maximum atomic E-state index is 5.60. The van der Waals surface area contributed by atoms with Gasteiger partial charge in [0.05, 0.1) is 0 Å². The second-order valence-corrected chi connectivity index (χ2v) is 4.66. The number of rotatable bonds is 5. The van der Waals surface area contributed by atoms with Gasteiger partial charge in [-0.15, -0.1) is 0 Å². The Morgan fingerprint density at radius 3 is 2.89 bits per heavy atom. The third-order valence-corrected chi connectivity index (χ3v) is 2.88. The van der Waals surface area contributed by atoms with Gasteiger partial charge >= 0.3 is 0 Å². The minimum Gasteiger partial charge on any atom is -0.354 e. The molecule has 2 aromatic heterocycles. The molecule has 0 atom stereocenters. The van der Waals surface area contributed by atoms with Crippen LogP contribution in [0.1, 0.15) is 26.0 Å². The third kappa shape index (κ3) is 2.43. The maximum Gasteiger partial charge on any atom is 0.254 e. The third-order valence-electron chi connectivity index (χ3n) is 2.88. The van der Waals surface area contributed by atoms with Gasteiger partial charge in [0.15, 0.2) is 0 Å². The van der Waals surface area contributed by atoms with Crippen molar-refractivity contribution in [3.63, 3.8) is 0 Å². The molecule has 0 aromatic carbocycles. The van der Waals surface area contributed by atoms with E-state index in [-0.39, 0.29) is 0 Å². The first-order valence-electron chi connectivity index (χ1n) is 6.27. The van der Waals surface area contributed by atoms with Crippen LogP contribution in [-0.4, -0.2) is 38.7 Å². The van der Waals surface area contributed by atoms with Gasteiger partial charge < -0.3 is 10.6 Å². The molecule has 0 fully saturated rings. The molecule has 0 unspecified atom stereocenters. The van der Waals surface area contributed by atoms with Gasteiger partial charge in [0.1, 0.15) is 12.1 Å². The smallest absolute Gasteiger partial charge is 0.254 e. The zero-order valence-corrected chi connectivity index (χ0v) is 11.2. The fourth-order valence-corrected chi connectivity index (χ4v) is 2.01. The quantitative estimate of drug-likeness (QED) is 0.854. The largest absolute Gasteiger partial charge is 0.354 e. The molecule has 18 heavy (non-hydrogen) atoms. The Kier molecular flexibility index (Phi) is 3.76. The molecule has 2 N–H and O–H groups in total. The van der Waals surface area contributed by atoms with Gasteiger partial charge in [-0.25, -0.2) is 4.98 Å². The van der Waals surface area contributed by atoms with Crippen molar-refractivity contribution in [3.8, 4) is 0 Å². The predicted octanol–water partition coefficient (Wildman–Crippen LogP) is 0.996. The molecule has 0 saturated carbocycles. The minimum atomic E-state index is 0.380. The average molecular weight is 248 g/mol. The minimum absolute atomic E-state index is 0.380. The second-order valence-electron chi connectivity index (χ2n) is 4.66. The highest BCUT2D eigenvalue weighted by molar-refractivity contribution is 5.47. The molecule has 0 radical (unpaired) electrons. The summed E-state index contributed by atoms with van der Waals surface area (Å²) in [6, 6.07) is 2.42. The van der Waals surface area contributed by atoms with Crippen molar-refractivity contribution < 1.29 is 0 Å². The van der Waals surface area contributed by atoms with Crippen LogP contribution in [-0.2, 0) is 0 Å². The zero-order chi connectivity index (χ0) is 13.1. The molecular weight excluding hydrogens is 228 g/mol. The van der Waals surface area contributed by atoms with Gasteiger partial charge in [0, 0.05) is 24.3 Å². The van der Waals surface area contributed by atoms with E-state index in [0.717, 1.165) is 24.5 Å². The molecule has 6 heteroatoms. The zero-order valence-electron chi connectivity index (χ0n) is 11.2. The number of fused-ring (bicyclic) bond motifs is 1. The summed E-state index contributed by atoms with van der Waals surface area (Å²) in [5, 5.41) is 4.24. The van der Waals surface area contributed by atoms with E-state index in [9.17, 15) is 0 Å². The summed E-state index contributed by atoms with van der Waals surface area (Å²) in [6.07, 6.45) is 2.49. The molecule has 0 bridgehead atoms. The first-order valence-corrected chi connectivity index (χ1v) is 6.27. The number of aryl methyl sites for hydroxylation is 1. The summed E-state index contributed by atoms with van der Waals surface area (Å²) in [7, 11) is 0. The second kappa shape index (κ2) is 5.30. The summed E-state index contributed by atoms with van der Waals surface area (Å²) in [4.78, 5) is 10.8. The van der Waals surface area contributed by atoms with E-state index >= 15 is 0 Å². The van der Waals surface area contributed by atoms with Crippen LogP contribution in [0.2, 0.25) is 0 Å². The van der Waals surface area contributed by atoms with E-state index in [1.165, 1.54) is 6.33 Å². The molecular formula is C12H20N6. The summed E-state index contributed by atoms with van der Waals surface area (Å²) < 4.78 is 1.78. The average Bonchev–Trinajstić information content (AvgIpc) is 2.76. The van der Waals surface area contributed by atoms with Gasteiger partial charge in [-0.2, -0.15) is 14.6 Å². The molecule has 0 aliphatic heterocycles. The Labute approximate surface area is 107 Å². The molecule has 2 heterocycles. The van der Waals surface area contributed by atoms with Gasteiger partial charge in [-0.3, -0.25) is 0 Å². The van der Waals surface area contributed by atoms with E-state index in [1.54, 1.807) is 4.52 Å². The molecule has 0 amide bonds. The van der Waals surface area contributed by atoms with E-state index in [0.29, 0.717) is 18.4 Å².